The summed E-state index contributed by atoms with van der Waals surface area (Å²) in [5.74, 6) is 0. The Morgan fingerprint density at radius 3 is 2.00 bits per heavy atom. The van der Waals surface area contributed by atoms with Crippen LogP contribution in [0.3, 0.4) is 0 Å². The molecule has 0 fully saturated rings. The van der Waals surface area contributed by atoms with Crippen molar-refractivity contribution in [2.24, 2.45) is 0 Å². The van der Waals surface area contributed by atoms with E-state index in [1.165, 1.54) is 19.3 Å². The number of rotatable bonds is 6. The van der Waals surface area contributed by atoms with Crippen molar-refractivity contribution >= 4 is 58.8 Å². The molecule has 84 valence electrons. The molecule has 5 heteroatoms. The minimum Gasteiger partial charge on any atom is -0.147 e. The SMILES string of the molecule is CCCCC[O][Sn][CH](C)C.Cl.Cl.Cl. The fourth-order valence-corrected chi connectivity index (χ4v) is 2.35. The van der Waals surface area contributed by atoms with Gasteiger partial charge in [-0.05, 0) is 0 Å². The van der Waals surface area contributed by atoms with E-state index in [9.17, 15) is 0 Å². The summed E-state index contributed by atoms with van der Waals surface area (Å²) in [7, 11) is 0. The van der Waals surface area contributed by atoms with Crippen LogP contribution in [0.2, 0.25) is 3.93 Å². The first-order chi connectivity index (χ1) is 4.77. The average Bonchev–Trinajstić information content (AvgIpc) is 1.87. The Kier molecular flexibility index (Phi) is 35.6. The van der Waals surface area contributed by atoms with Crippen molar-refractivity contribution < 1.29 is 3.07 Å². The van der Waals surface area contributed by atoms with Crippen molar-refractivity contribution in [1.82, 2.24) is 0 Å². The first kappa shape index (κ1) is 24.1. The zero-order valence-corrected chi connectivity index (χ0v) is 13.8. The second-order valence-corrected chi connectivity index (χ2v) is 7.62. The Labute approximate surface area is 112 Å². The predicted molar refractivity (Wildman–Crippen MR) is 68.1 cm³/mol. The third-order valence-corrected chi connectivity index (χ3v) is 3.57. The van der Waals surface area contributed by atoms with Gasteiger partial charge < -0.3 is 0 Å². The predicted octanol–water partition coefficient (Wildman–Crippen LogP) is 3.91. The molecule has 2 radical (unpaired) electrons. The van der Waals surface area contributed by atoms with Gasteiger partial charge in [0, 0.05) is 0 Å². The fraction of sp³-hybridized carbons (Fsp3) is 1.00. The van der Waals surface area contributed by atoms with Gasteiger partial charge in [0.05, 0.1) is 0 Å². The summed E-state index contributed by atoms with van der Waals surface area (Å²) in [6.45, 7) is 7.76. The molecule has 0 unspecified atom stereocenters. The number of hydrogen-bond donors (Lipinski definition) is 0. The summed E-state index contributed by atoms with van der Waals surface area (Å²) in [5, 5.41) is 0. The molecule has 0 bridgehead atoms. The maximum absolute atomic E-state index is 5.57. The Hall–Kier alpha value is 1.63. The van der Waals surface area contributed by atoms with Gasteiger partial charge in [0.2, 0.25) is 0 Å². The summed E-state index contributed by atoms with van der Waals surface area (Å²) in [5.41, 5.74) is 0. The van der Waals surface area contributed by atoms with Gasteiger partial charge in [-0.2, -0.15) is 0 Å². The van der Waals surface area contributed by atoms with Gasteiger partial charge in [-0.25, -0.2) is 0 Å². The first-order valence-corrected chi connectivity index (χ1v) is 6.96. The summed E-state index contributed by atoms with van der Waals surface area (Å²) < 4.78 is 6.42. The summed E-state index contributed by atoms with van der Waals surface area (Å²) in [6, 6.07) is 0. The third kappa shape index (κ3) is 24.8. The molecule has 13 heavy (non-hydrogen) atoms. The second kappa shape index (κ2) is 19.2. The molecule has 0 aromatic rings. The van der Waals surface area contributed by atoms with E-state index in [0.29, 0.717) is 0 Å². The monoisotopic (exact) mass is 358 g/mol. The molecule has 0 aliphatic heterocycles. The van der Waals surface area contributed by atoms with Crippen molar-refractivity contribution in [2.45, 2.75) is 44.0 Å². The molecule has 0 saturated carbocycles. The average molecular weight is 358 g/mol. The topological polar surface area (TPSA) is 9.23 Å². The van der Waals surface area contributed by atoms with Crippen LogP contribution in [0, 0.1) is 0 Å². The van der Waals surface area contributed by atoms with E-state index in [-0.39, 0.29) is 37.2 Å². The zero-order chi connectivity index (χ0) is 7.82. The van der Waals surface area contributed by atoms with Gasteiger partial charge >= 0.3 is 75.2 Å². The largest absolute Gasteiger partial charge is 0.147 e. The Morgan fingerprint density at radius 1 is 1.08 bits per heavy atom. The second-order valence-electron chi connectivity index (χ2n) is 2.83. The molecular weight excluding hydrogens is 337 g/mol. The van der Waals surface area contributed by atoms with Crippen LogP contribution in [0.1, 0.15) is 40.0 Å². The van der Waals surface area contributed by atoms with E-state index >= 15 is 0 Å². The molecule has 1 nitrogen and oxygen atoms in total. The van der Waals surface area contributed by atoms with Crippen LogP contribution in [-0.4, -0.2) is 28.2 Å². The summed E-state index contributed by atoms with van der Waals surface area (Å²) in [6.07, 6.45) is 3.90. The van der Waals surface area contributed by atoms with Crippen LogP contribution in [0.25, 0.3) is 0 Å². The van der Waals surface area contributed by atoms with E-state index < -0.39 is 21.6 Å². The van der Waals surface area contributed by atoms with Crippen molar-refractivity contribution in [3.8, 4) is 0 Å². The molecule has 0 aliphatic rings. The number of hydrogen-bond acceptors (Lipinski definition) is 1. The van der Waals surface area contributed by atoms with Crippen molar-refractivity contribution in [1.29, 1.82) is 0 Å². The first-order valence-electron chi connectivity index (χ1n) is 4.14. The maximum Gasteiger partial charge on any atom is -0.147 e. The molecule has 0 aromatic heterocycles. The molecule has 0 N–H and O–H groups in total. The summed E-state index contributed by atoms with van der Waals surface area (Å²) in [4.78, 5) is 0. The third-order valence-electron chi connectivity index (χ3n) is 1.17. The van der Waals surface area contributed by atoms with Crippen molar-refractivity contribution in [2.75, 3.05) is 6.61 Å². The van der Waals surface area contributed by atoms with Gasteiger partial charge in [0.25, 0.3) is 0 Å². The van der Waals surface area contributed by atoms with Gasteiger partial charge in [0.1, 0.15) is 0 Å². The van der Waals surface area contributed by atoms with Crippen LogP contribution < -0.4 is 0 Å². The van der Waals surface area contributed by atoms with Crippen LogP contribution in [-0.2, 0) is 3.07 Å². The van der Waals surface area contributed by atoms with Crippen LogP contribution >= 0.6 is 37.2 Å². The van der Waals surface area contributed by atoms with E-state index in [1.807, 2.05) is 0 Å². The van der Waals surface area contributed by atoms with Crippen LogP contribution in [0.5, 0.6) is 0 Å². The molecule has 0 spiro atoms. The van der Waals surface area contributed by atoms with Gasteiger partial charge in [-0.15, -0.1) is 37.2 Å². The van der Waals surface area contributed by atoms with Crippen LogP contribution in [0.4, 0.5) is 0 Å². The minimum absolute atomic E-state index is 0. The standard InChI is InChI=1S/C5H11O.C3H7.3ClH.Sn/c1-2-3-4-5-6;1-3-2;;;;/h2-5H2,1H3;3H,1-2H3;3*1H;/q-1;;;;;+1. The number of unbranched alkanes of at least 4 members (excludes halogenated alkanes) is 2. The smallest absolute Gasteiger partial charge is 0.147 e. The molecule has 0 amide bonds. The summed E-state index contributed by atoms with van der Waals surface area (Å²) >= 11 is -0.429. The quantitative estimate of drug-likeness (QED) is 0.517. The molecule has 0 saturated heterocycles. The molecule has 0 atom stereocenters. The molecular formula is C8H21Cl3OSn. The zero-order valence-electron chi connectivity index (χ0n) is 8.54. The normalized spacial score (nSPS) is 8.31. The molecule has 0 heterocycles. The van der Waals surface area contributed by atoms with Crippen LogP contribution in [0.15, 0.2) is 0 Å². The molecule has 0 rings (SSSR count). The Balaban J connectivity index is -0.000000135. The number of halogens is 3. The van der Waals surface area contributed by atoms with Gasteiger partial charge in [-0.3, -0.25) is 0 Å². The van der Waals surface area contributed by atoms with E-state index in [4.69, 9.17) is 3.07 Å². The van der Waals surface area contributed by atoms with E-state index in [0.717, 1.165) is 10.5 Å². The van der Waals surface area contributed by atoms with E-state index in [2.05, 4.69) is 20.8 Å². The maximum atomic E-state index is 5.57. The Morgan fingerprint density at radius 2 is 1.62 bits per heavy atom. The van der Waals surface area contributed by atoms with E-state index in [1.54, 1.807) is 0 Å². The molecule has 0 aliphatic carbocycles. The minimum atomic E-state index is -0.429. The molecule has 0 aromatic carbocycles. The van der Waals surface area contributed by atoms with Gasteiger partial charge in [-0.1, -0.05) is 0 Å². The fourth-order valence-electron chi connectivity index (χ4n) is 0.650. The van der Waals surface area contributed by atoms with Crippen molar-refractivity contribution in [3.63, 3.8) is 0 Å². The van der Waals surface area contributed by atoms with Crippen molar-refractivity contribution in [3.05, 3.63) is 0 Å². The van der Waals surface area contributed by atoms with Gasteiger partial charge in [0.15, 0.2) is 0 Å². The Bertz CT molecular complexity index is 74.4.